The van der Waals surface area contributed by atoms with Gasteiger partial charge < -0.3 is 5.32 Å². The number of benzene rings is 2. The fourth-order valence-electron chi connectivity index (χ4n) is 2.73. The third kappa shape index (κ3) is 4.28. The average Bonchev–Trinajstić information content (AvgIpc) is 3.25. The molecule has 0 atom stereocenters. The zero-order valence-corrected chi connectivity index (χ0v) is 19.2. The molecule has 0 saturated heterocycles. The fraction of sp³-hybridized carbons (Fsp3) is 0.105. The summed E-state index contributed by atoms with van der Waals surface area (Å²) < 4.78 is 2.72. The highest BCUT2D eigenvalue weighted by molar-refractivity contribution is 14.1. The van der Waals surface area contributed by atoms with Crippen LogP contribution in [0.3, 0.4) is 0 Å². The summed E-state index contributed by atoms with van der Waals surface area (Å²) >= 11 is 8.95. The van der Waals surface area contributed by atoms with E-state index in [1.54, 1.807) is 16.6 Å². The molecular weight excluding hydrogens is 519 g/mol. The third-order valence-corrected chi connectivity index (χ3v) is 6.01. The molecule has 2 aromatic heterocycles. The zero-order valence-electron chi connectivity index (χ0n) is 15.4. The van der Waals surface area contributed by atoms with Crippen LogP contribution in [0.5, 0.6) is 0 Å². The number of anilines is 1. The van der Waals surface area contributed by atoms with Crippen LogP contribution in [0.15, 0.2) is 42.5 Å². The Morgan fingerprint density at radius 2 is 2.00 bits per heavy atom. The fourth-order valence-corrected chi connectivity index (χ4v) is 4.35. The van der Waals surface area contributed by atoms with Crippen LogP contribution in [0.25, 0.3) is 15.5 Å². The second-order valence-corrected chi connectivity index (χ2v) is 8.91. The maximum atomic E-state index is 12.3. The number of amides is 1. The van der Waals surface area contributed by atoms with Crippen LogP contribution in [0.4, 0.5) is 5.69 Å². The molecule has 2 heterocycles. The van der Waals surface area contributed by atoms with E-state index < -0.39 is 0 Å². The largest absolute Gasteiger partial charge is 0.332 e. The van der Waals surface area contributed by atoms with Gasteiger partial charge in [-0.25, -0.2) is 0 Å². The first-order valence-electron chi connectivity index (χ1n) is 8.58. The highest BCUT2D eigenvalue weighted by atomic mass is 127. The Hall–Kier alpha value is -2.44. The molecule has 0 bridgehead atoms. The van der Waals surface area contributed by atoms with Gasteiger partial charge in [0.15, 0.2) is 10.9 Å². The van der Waals surface area contributed by atoms with Crippen LogP contribution >= 0.6 is 46.1 Å². The van der Waals surface area contributed by atoms with Crippen molar-refractivity contribution in [3.8, 4) is 10.6 Å². The Kier molecular flexibility index (Phi) is 5.56. The molecule has 4 aromatic rings. The van der Waals surface area contributed by atoms with Crippen molar-refractivity contribution in [1.29, 1.82) is 0 Å². The Morgan fingerprint density at radius 3 is 2.72 bits per heavy atom. The van der Waals surface area contributed by atoms with Crippen LogP contribution in [-0.2, 0) is 0 Å². The van der Waals surface area contributed by atoms with Gasteiger partial charge in [-0.2, -0.15) is 9.61 Å². The van der Waals surface area contributed by atoms with Crippen molar-refractivity contribution in [1.82, 2.24) is 25.1 Å². The van der Waals surface area contributed by atoms with Gasteiger partial charge in [0.2, 0.25) is 4.96 Å². The van der Waals surface area contributed by atoms with Crippen molar-refractivity contribution >= 4 is 67.8 Å². The van der Waals surface area contributed by atoms with Gasteiger partial charge in [0.1, 0.15) is 5.01 Å². The van der Waals surface area contributed by atoms with E-state index in [9.17, 15) is 4.79 Å². The highest BCUT2D eigenvalue weighted by Gasteiger charge is 2.13. The van der Waals surface area contributed by atoms with Crippen LogP contribution in [0, 0.1) is 17.4 Å². The molecule has 0 aliphatic rings. The van der Waals surface area contributed by atoms with Crippen molar-refractivity contribution in [2.75, 3.05) is 5.32 Å². The first-order valence-corrected chi connectivity index (χ1v) is 10.9. The van der Waals surface area contributed by atoms with Crippen LogP contribution in [-0.4, -0.2) is 30.8 Å². The molecule has 0 saturated carbocycles. The Morgan fingerprint density at radius 1 is 1.17 bits per heavy atom. The summed E-state index contributed by atoms with van der Waals surface area (Å²) in [6, 6.07) is 13.2. The first kappa shape index (κ1) is 19.9. The predicted octanol–water partition coefficient (Wildman–Crippen LogP) is 4.20. The Labute approximate surface area is 189 Å². The first-order chi connectivity index (χ1) is 13.9. The number of aromatic nitrogens is 4. The third-order valence-electron chi connectivity index (χ3n) is 4.18. The molecule has 2 N–H and O–H groups in total. The van der Waals surface area contributed by atoms with Gasteiger partial charge in [-0.3, -0.25) is 10.1 Å². The lowest BCUT2D eigenvalue weighted by Gasteiger charge is -2.12. The molecule has 4 rings (SSSR count). The molecule has 0 unspecified atom stereocenters. The number of halogens is 1. The van der Waals surface area contributed by atoms with Gasteiger partial charge in [-0.15, -0.1) is 10.2 Å². The summed E-state index contributed by atoms with van der Waals surface area (Å²) in [7, 11) is 0. The number of rotatable bonds is 3. The molecular formula is C19H15IN6OS2. The molecule has 2 aromatic carbocycles. The van der Waals surface area contributed by atoms with E-state index in [1.807, 2.05) is 44.2 Å². The van der Waals surface area contributed by atoms with Gasteiger partial charge in [0.25, 0.3) is 5.91 Å². The zero-order chi connectivity index (χ0) is 20.5. The van der Waals surface area contributed by atoms with Crippen molar-refractivity contribution in [3.63, 3.8) is 0 Å². The molecule has 1 amide bonds. The average molecular weight is 534 g/mol. The second kappa shape index (κ2) is 8.13. The number of hydrogen-bond acceptors (Lipinski definition) is 6. The quantitative estimate of drug-likeness (QED) is 0.303. The number of hydrogen-bond donors (Lipinski definition) is 2. The molecule has 29 heavy (non-hydrogen) atoms. The Bertz CT molecular complexity index is 1250. The molecule has 0 spiro atoms. The topological polar surface area (TPSA) is 84.2 Å². The van der Waals surface area contributed by atoms with Gasteiger partial charge in [0.05, 0.1) is 0 Å². The maximum absolute atomic E-state index is 12.3. The van der Waals surface area contributed by atoms with E-state index in [2.05, 4.69) is 48.5 Å². The monoisotopic (exact) mass is 534 g/mol. The van der Waals surface area contributed by atoms with E-state index in [4.69, 9.17) is 12.2 Å². The number of carbonyl (C=O) groups excluding carboxylic acids is 1. The normalized spacial score (nSPS) is 10.9. The van der Waals surface area contributed by atoms with E-state index in [-0.39, 0.29) is 11.0 Å². The van der Waals surface area contributed by atoms with Crippen molar-refractivity contribution in [2.45, 2.75) is 13.8 Å². The lowest BCUT2D eigenvalue weighted by molar-refractivity contribution is 0.0977. The minimum absolute atomic E-state index is 0.245. The number of carbonyl (C=O) groups is 1. The van der Waals surface area contributed by atoms with E-state index in [1.165, 1.54) is 11.3 Å². The molecule has 146 valence electrons. The second-order valence-electron chi connectivity index (χ2n) is 6.30. The lowest BCUT2D eigenvalue weighted by Crippen LogP contribution is -2.34. The summed E-state index contributed by atoms with van der Waals surface area (Å²) in [5.41, 5.74) is 3.35. The minimum Gasteiger partial charge on any atom is -0.332 e. The molecule has 0 radical (unpaired) electrons. The smallest absolute Gasteiger partial charge is 0.257 e. The van der Waals surface area contributed by atoms with Crippen molar-refractivity contribution in [3.05, 3.63) is 63.0 Å². The van der Waals surface area contributed by atoms with Gasteiger partial charge >= 0.3 is 0 Å². The van der Waals surface area contributed by atoms with Crippen LogP contribution in [0.2, 0.25) is 0 Å². The van der Waals surface area contributed by atoms with Crippen LogP contribution < -0.4 is 10.6 Å². The minimum atomic E-state index is -0.245. The van der Waals surface area contributed by atoms with Crippen LogP contribution in [0.1, 0.15) is 21.7 Å². The summed E-state index contributed by atoms with van der Waals surface area (Å²) in [6.07, 6.45) is 0. The van der Waals surface area contributed by atoms with E-state index >= 15 is 0 Å². The Balaban J connectivity index is 1.47. The number of nitrogens with zero attached hydrogens (tertiary/aromatic N) is 4. The number of thiocarbonyl (C=S) groups is 1. The summed E-state index contributed by atoms with van der Waals surface area (Å²) in [4.78, 5) is 13.1. The summed E-state index contributed by atoms with van der Waals surface area (Å²) in [5, 5.41) is 19.6. The maximum Gasteiger partial charge on any atom is 0.257 e. The van der Waals surface area contributed by atoms with Crippen molar-refractivity contribution < 1.29 is 4.79 Å². The predicted molar refractivity (Wildman–Crippen MR) is 126 cm³/mol. The summed E-state index contributed by atoms with van der Waals surface area (Å²) in [5.74, 6) is 0.511. The summed E-state index contributed by atoms with van der Waals surface area (Å²) in [6.45, 7) is 3.84. The highest BCUT2D eigenvalue weighted by Crippen LogP contribution is 2.28. The standard InChI is InChI=1S/C19H15IN6OS2/c1-10-8-13(17-25-26-11(2)23-24-19(26)29-17)6-7-15(10)21-18(28)22-16(27)12-4-3-5-14(20)9-12/h3-9H,1-2H3,(H2,21,22,27,28). The molecule has 10 heteroatoms. The molecule has 0 aliphatic carbocycles. The number of aryl methyl sites for hydroxylation is 2. The van der Waals surface area contributed by atoms with E-state index in [0.29, 0.717) is 5.56 Å². The van der Waals surface area contributed by atoms with Gasteiger partial charge in [-0.1, -0.05) is 17.4 Å². The van der Waals surface area contributed by atoms with Gasteiger partial charge in [-0.05, 0) is 90.6 Å². The lowest BCUT2D eigenvalue weighted by atomic mass is 10.1. The molecule has 7 nitrogen and oxygen atoms in total. The van der Waals surface area contributed by atoms with Crippen molar-refractivity contribution in [2.24, 2.45) is 0 Å². The van der Waals surface area contributed by atoms with E-state index in [0.717, 1.165) is 36.2 Å². The number of fused-ring (bicyclic) bond motifs is 1. The molecule has 0 aliphatic heterocycles. The number of nitrogens with one attached hydrogen (secondary N) is 2. The SMILES string of the molecule is Cc1cc(-c2nn3c(C)nnc3s2)ccc1NC(=S)NC(=O)c1cccc(I)c1. The van der Waals surface area contributed by atoms with Gasteiger partial charge in [0, 0.05) is 20.4 Å². The molecule has 0 fully saturated rings.